The molecule has 1 aromatic carbocycles. The van der Waals surface area contributed by atoms with Crippen molar-refractivity contribution in [2.45, 2.75) is 65.5 Å². The van der Waals surface area contributed by atoms with Crippen molar-refractivity contribution in [1.29, 1.82) is 0 Å². The molecule has 1 heterocycles. The van der Waals surface area contributed by atoms with Crippen LogP contribution in [0.4, 0.5) is 5.69 Å². The predicted molar refractivity (Wildman–Crippen MR) is 107 cm³/mol. The molecule has 3 heteroatoms. The second-order valence-corrected chi connectivity index (χ2v) is 8.69. The van der Waals surface area contributed by atoms with Crippen molar-refractivity contribution in [2.24, 2.45) is 11.3 Å². The van der Waals surface area contributed by atoms with Crippen LogP contribution in [-0.4, -0.2) is 32.8 Å². The van der Waals surface area contributed by atoms with Crippen molar-refractivity contribution >= 4 is 5.69 Å². The van der Waals surface area contributed by atoms with Gasteiger partial charge in [0.25, 0.3) is 0 Å². The van der Waals surface area contributed by atoms with Gasteiger partial charge in [0, 0.05) is 38.4 Å². The van der Waals surface area contributed by atoms with Gasteiger partial charge in [-0.2, -0.15) is 0 Å². The van der Waals surface area contributed by atoms with Gasteiger partial charge in [-0.15, -0.1) is 0 Å². The van der Waals surface area contributed by atoms with Crippen LogP contribution in [0.3, 0.4) is 0 Å². The second kappa shape index (κ2) is 8.55. The van der Waals surface area contributed by atoms with E-state index < -0.39 is 0 Å². The number of nitrogens with two attached hydrogens (primary N) is 1. The van der Waals surface area contributed by atoms with E-state index in [1.807, 2.05) is 0 Å². The van der Waals surface area contributed by atoms with E-state index in [4.69, 9.17) is 4.74 Å². The number of quaternary nitrogens is 1. The van der Waals surface area contributed by atoms with Gasteiger partial charge < -0.3 is 15.0 Å². The highest BCUT2D eigenvalue weighted by atomic mass is 16.5. The largest absolute Gasteiger partial charge is 0.378 e. The Kier molecular flexibility index (Phi) is 6.93. The summed E-state index contributed by atoms with van der Waals surface area (Å²) in [5, 5.41) is 2.48. The molecule has 25 heavy (non-hydrogen) atoms. The second-order valence-electron chi connectivity index (χ2n) is 8.69. The third kappa shape index (κ3) is 5.21. The summed E-state index contributed by atoms with van der Waals surface area (Å²) in [7, 11) is 4.18. The number of benzene rings is 1. The SMILES string of the molecule is CC[C@]1(C)C[C@@](CC[NH2+]Cc2ccc(N(C)C)cc2)(C(C)C)CCO1. The maximum Gasteiger partial charge on any atom is 0.101 e. The van der Waals surface area contributed by atoms with Gasteiger partial charge in [0.1, 0.15) is 6.54 Å². The van der Waals surface area contributed by atoms with E-state index in [0.717, 1.165) is 25.5 Å². The highest BCUT2D eigenvalue weighted by Crippen LogP contribution is 2.47. The first-order valence-corrected chi connectivity index (χ1v) is 10.0. The molecule has 2 N–H and O–H groups in total. The summed E-state index contributed by atoms with van der Waals surface area (Å²) in [5.41, 5.74) is 3.19. The van der Waals surface area contributed by atoms with Gasteiger partial charge in [-0.05, 0) is 49.7 Å². The number of nitrogens with zero attached hydrogens (tertiary/aromatic N) is 1. The minimum absolute atomic E-state index is 0.0739. The van der Waals surface area contributed by atoms with E-state index in [1.165, 1.54) is 37.1 Å². The van der Waals surface area contributed by atoms with Crippen LogP contribution in [0.2, 0.25) is 0 Å². The molecule has 2 atom stereocenters. The van der Waals surface area contributed by atoms with E-state index in [2.05, 4.69) is 76.3 Å². The van der Waals surface area contributed by atoms with Crippen molar-refractivity contribution in [3.8, 4) is 0 Å². The molecule has 0 aliphatic carbocycles. The Labute approximate surface area is 155 Å². The first-order valence-electron chi connectivity index (χ1n) is 10.0. The molecule has 1 aliphatic rings. The number of hydrogen-bond acceptors (Lipinski definition) is 2. The zero-order valence-corrected chi connectivity index (χ0v) is 17.3. The minimum Gasteiger partial charge on any atom is -0.378 e. The molecule has 3 nitrogen and oxygen atoms in total. The Morgan fingerprint density at radius 1 is 1.20 bits per heavy atom. The van der Waals surface area contributed by atoms with Crippen LogP contribution in [0.5, 0.6) is 0 Å². The average molecular weight is 348 g/mol. The van der Waals surface area contributed by atoms with Crippen LogP contribution in [0.25, 0.3) is 0 Å². The molecular formula is C22H39N2O+. The molecule has 0 spiro atoms. The maximum atomic E-state index is 6.11. The van der Waals surface area contributed by atoms with Gasteiger partial charge >= 0.3 is 0 Å². The number of hydrogen-bond donors (Lipinski definition) is 1. The van der Waals surface area contributed by atoms with E-state index >= 15 is 0 Å². The molecule has 1 fully saturated rings. The fourth-order valence-electron chi connectivity index (χ4n) is 4.20. The summed E-state index contributed by atoms with van der Waals surface area (Å²) >= 11 is 0. The Bertz CT molecular complexity index is 525. The standard InChI is InChI=1S/C22H38N2O/c1-7-21(4)17-22(18(2)3,13-15-25-21)12-14-23-16-19-8-10-20(11-9-19)24(5)6/h8-11,18,23H,7,12-17H2,1-6H3/p+1/t21-,22+/m1/s1. The third-order valence-electron chi connectivity index (χ3n) is 6.43. The Morgan fingerprint density at radius 2 is 1.88 bits per heavy atom. The van der Waals surface area contributed by atoms with Gasteiger partial charge in [0.2, 0.25) is 0 Å². The van der Waals surface area contributed by atoms with Crippen molar-refractivity contribution in [3.63, 3.8) is 0 Å². The van der Waals surface area contributed by atoms with E-state index in [1.54, 1.807) is 0 Å². The smallest absolute Gasteiger partial charge is 0.101 e. The molecule has 1 saturated heterocycles. The number of rotatable bonds is 8. The summed E-state index contributed by atoms with van der Waals surface area (Å²) in [6.45, 7) is 12.6. The van der Waals surface area contributed by atoms with Crippen molar-refractivity contribution in [3.05, 3.63) is 29.8 Å². The van der Waals surface area contributed by atoms with Crippen molar-refractivity contribution < 1.29 is 10.1 Å². The van der Waals surface area contributed by atoms with Crippen LogP contribution in [0.15, 0.2) is 24.3 Å². The predicted octanol–water partition coefficient (Wildman–Crippen LogP) is 3.83. The minimum atomic E-state index is 0.0739. The van der Waals surface area contributed by atoms with Crippen LogP contribution in [0, 0.1) is 11.3 Å². The normalized spacial score (nSPS) is 26.8. The molecule has 0 radical (unpaired) electrons. The van der Waals surface area contributed by atoms with Crippen LogP contribution >= 0.6 is 0 Å². The fraction of sp³-hybridized carbons (Fsp3) is 0.727. The lowest BCUT2D eigenvalue weighted by atomic mass is 9.64. The van der Waals surface area contributed by atoms with E-state index in [-0.39, 0.29) is 5.60 Å². The molecule has 0 saturated carbocycles. The summed E-state index contributed by atoms with van der Waals surface area (Å²) < 4.78 is 6.11. The molecule has 0 amide bonds. The first kappa shape index (κ1) is 20.3. The van der Waals surface area contributed by atoms with Crippen molar-refractivity contribution in [1.82, 2.24) is 0 Å². The lowest BCUT2D eigenvalue weighted by molar-refractivity contribution is -0.672. The number of ether oxygens (including phenoxy) is 1. The monoisotopic (exact) mass is 347 g/mol. The Hall–Kier alpha value is -1.06. The van der Waals surface area contributed by atoms with Gasteiger partial charge in [-0.1, -0.05) is 32.9 Å². The molecular weight excluding hydrogens is 308 g/mol. The zero-order valence-electron chi connectivity index (χ0n) is 17.3. The topological polar surface area (TPSA) is 29.1 Å². The lowest BCUT2D eigenvalue weighted by Gasteiger charge is -2.48. The fourth-order valence-corrected chi connectivity index (χ4v) is 4.20. The van der Waals surface area contributed by atoms with Crippen LogP contribution in [-0.2, 0) is 11.3 Å². The first-order chi connectivity index (χ1) is 11.8. The molecule has 1 aliphatic heterocycles. The molecule has 0 unspecified atom stereocenters. The molecule has 2 rings (SSSR count). The molecule has 0 bridgehead atoms. The highest BCUT2D eigenvalue weighted by Gasteiger charge is 2.44. The van der Waals surface area contributed by atoms with Gasteiger partial charge in [0.05, 0.1) is 12.1 Å². The quantitative estimate of drug-likeness (QED) is 0.724. The Balaban J connectivity index is 1.87. The molecule has 0 aromatic heterocycles. The Morgan fingerprint density at radius 3 is 2.44 bits per heavy atom. The summed E-state index contributed by atoms with van der Waals surface area (Å²) in [6, 6.07) is 8.94. The maximum absolute atomic E-state index is 6.11. The van der Waals surface area contributed by atoms with E-state index in [0.29, 0.717) is 5.41 Å². The van der Waals surface area contributed by atoms with Gasteiger partial charge in [0.15, 0.2) is 0 Å². The van der Waals surface area contributed by atoms with Gasteiger partial charge in [-0.3, -0.25) is 0 Å². The summed E-state index contributed by atoms with van der Waals surface area (Å²) in [4.78, 5) is 2.15. The lowest BCUT2D eigenvalue weighted by Crippen LogP contribution is -2.83. The molecule has 1 aromatic rings. The summed E-state index contributed by atoms with van der Waals surface area (Å²) in [6.07, 6.45) is 4.83. The van der Waals surface area contributed by atoms with Crippen LogP contribution < -0.4 is 10.2 Å². The van der Waals surface area contributed by atoms with Crippen LogP contribution in [0.1, 0.15) is 58.9 Å². The van der Waals surface area contributed by atoms with Crippen molar-refractivity contribution in [2.75, 3.05) is 32.1 Å². The third-order valence-corrected chi connectivity index (χ3v) is 6.43. The summed E-state index contributed by atoms with van der Waals surface area (Å²) in [5.74, 6) is 0.718. The van der Waals surface area contributed by atoms with Gasteiger partial charge in [-0.25, -0.2) is 0 Å². The number of anilines is 1. The van der Waals surface area contributed by atoms with E-state index in [9.17, 15) is 0 Å². The highest BCUT2D eigenvalue weighted by molar-refractivity contribution is 5.45. The average Bonchev–Trinajstić information content (AvgIpc) is 2.59. The molecule has 142 valence electrons. The zero-order chi connectivity index (χ0) is 18.5.